The van der Waals surface area contributed by atoms with Crippen LogP contribution in [0.1, 0.15) is 45.4 Å². The van der Waals surface area contributed by atoms with Crippen molar-refractivity contribution in [2.75, 3.05) is 24.5 Å². The lowest BCUT2D eigenvalue weighted by atomic mass is 9.95. The van der Waals surface area contributed by atoms with E-state index in [2.05, 4.69) is 47.5 Å². The molecule has 1 fully saturated rings. The summed E-state index contributed by atoms with van der Waals surface area (Å²) in [5, 5.41) is 3.73. The van der Waals surface area contributed by atoms with Gasteiger partial charge in [-0.2, -0.15) is 0 Å². The lowest BCUT2D eigenvalue weighted by Gasteiger charge is -2.25. The molecule has 106 valence electrons. The smallest absolute Gasteiger partial charge is 0.0366 e. The summed E-state index contributed by atoms with van der Waals surface area (Å²) < 4.78 is 0. The number of para-hydroxylation sites is 1. The number of hydrogen-bond donors (Lipinski definition) is 1. The van der Waals surface area contributed by atoms with Gasteiger partial charge in [-0.25, -0.2) is 0 Å². The molecule has 1 N–H and O–H groups in total. The fraction of sp³-hybridized carbons (Fsp3) is 0.647. The third kappa shape index (κ3) is 4.87. The standard InChI is InChI=1S/C17H28N2/c1-2-19(17-12-7-4-8-13-17)15-9-14-18-16-10-5-3-6-11-16/h4,7-8,12-13,16,18H,2-3,5-6,9-11,14-15H2,1H3. The molecule has 1 aliphatic rings. The van der Waals surface area contributed by atoms with Crippen LogP contribution in [0.15, 0.2) is 30.3 Å². The van der Waals surface area contributed by atoms with E-state index < -0.39 is 0 Å². The minimum Gasteiger partial charge on any atom is -0.372 e. The van der Waals surface area contributed by atoms with E-state index in [0.29, 0.717) is 0 Å². The molecule has 2 nitrogen and oxygen atoms in total. The average molecular weight is 260 g/mol. The molecule has 0 heterocycles. The third-order valence-electron chi connectivity index (χ3n) is 4.15. The van der Waals surface area contributed by atoms with Gasteiger partial charge in [0.05, 0.1) is 0 Å². The number of rotatable bonds is 7. The average Bonchev–Trinajstić information content (AvgIpc) is 2.49. The Balaban J connectivity index is 1.66. The third-order valence-corrected chi connectivity index (χ3v) is 4.15. The van der Waals surface area contributed by atoms with Crippen molar-refractivity contribution in [1.29, 1.82) is 0 Å². The van der Waals surface area contributed by atoms with Gasteiger partial charge >= 0.3 is 0 Å². The predicted octanol–water partition coefficient (Wildman–Crippen LogP) is 3.83. The molecule has 1 aromatic carbocycles. The van der Waals surface area contributed by atoms with E-state index in [9.17, 15) is 0 Å². The minimum absolute atomic E-state index is 0.792. The van der Waals surface area contributed by atoms with Crippen molar-refractivity contribution in [2.24, 2.45) is 0 Å². The summed E-state index contributed by atoms with van der Waals surface area (Å²) >= 11 is 0. The highest BCUT2D eigenvalue weighted by Gasteiger charge is 2.12. The van der Waals surface area contributed by atoms with Crippen molar-refractivity contribution >= 4 is 5.69 Å². The Bertz CT molecular complexity index is 330. The molecule has 2 rings (SSSR count). The van der Waals surface area contributed by atoms with Crippen LogP contribution in [0.25, 0.3) is 0 Å². The van der Waals surface area contributed by atoms with E-state index in [0.717, 1.165) is 25.7 Å². The second kappa shape index (κ2) is 8.21. The Morgan fingerprint density at radius 3 is 2.53 bits per heavy atom. The van der Waals surface area contributed by atoms with Crippen LogP contribution >= 0.6 is 0 Å². The fourth-order valence-corrected chi connectivity index (χ4v) is 2.99. The highest BCUT2D eigenvalue weighted by molar-refractivity contribution is 5.45. The Morgan fingerprint density at radius 2 is 1.84 bits per heavy atom. The van der Waals surface area contributed by atoms with Crippen molar-refractivity contribution in [3.63, 3.8) is 0 Å². The SMILES string of the molecule is CCN(CCCNC1CCCCC1)c1ccccc1. The van der Waals surface area contributed by atoms with Gasteiger partial charge < -0.3 is 10.2 Å². The largest absolute Gasteiger partial charge is 0.372 e. The second-order valence-electron chi connectivity index (χ2n) is 5.56. The lowest BCUT2D eigenvalue weighted by Crippen LogP contribution is -2.34. The van der Waals surface area contributed by atoms with E-state index in [1.54, 1.807) is 0 Å². The van der Waals surface area contributed by atoms with Crippen LogP contribution in [0.4, 0.5) is 5.69 Å². The van der Waals surface area contributed by atoms with E-state index >= 15 is 0 Å². The monoisotopic (exact) mass is 260 g/mol. The van der Waals surface area contributed by atoms with Gasteiger partial charge in [-0.1, -0.05) is 37.5 Å². The van der Waals surface area contributed by atoms with Gasteiger partial charge in [0, 0.05) is 24.8 Å². The molecule has 0 aromatic heterocycles. The zero-order valence-electron chi connectivity index (χ0n) is 12.3. The summed E-state index contributed by atoms with van der Waals surface area (Å²) in [6, 6.07) is 11.5. The summed E-state index contributed by atoms with van der Waals surface area (Å²) in [6.45, 7) is 5.64. The van der Waals surface area contributed by atoms with Crippen LogP contribution in [-0.2, 0) is 0 Å². The Kier molecular flexibility index (Phi) is 6.22. The number of anilines is 1. The van der Waals surface area contributed by atoms with Gasteiger partial charge in [0.2, 0.25) is 0 Å². The number of benzene rings is 1. The first-order valence-electron chi connectivity index (χ1n) is 7.93. The molecule has 0 atom stereocenters. The van der Waals surface area contributed by atoms with Crippen LogP contribution in [0, 0.1) is 0 Å². The van der Waals surface area contributed by atoms with Gasteiger partial charge in [-0.3, -0.25) is 0 Å². The molecule has 0 aliphatic heterocycles. The van der Waals surface area contributed by atoms with E-state index in [4.69, 9.17) is 0 Å². The second-order valence-corrected chi connectivity index (χ2v) is 5.56. The molecule has 0 saturated heterocycles. The highest BCUT2D eigenvalue weighted by atomic mass is 15.1. The fourth-order valence-electron chi connectivity index (χ4n) is 2.99. The van der Waals surface area contributed by atoms with Crippen molar-refractivity contribution < 1.29 is 0 Å². The van der Waals surface area contributed by atoms with Gasteiger partial charge in [0.25, 0.3) is 0 Å². The first-order valence-corrected chi connectivity index (χ1v) is 7.93. The molecule has 1 aromatic rings. The van der Waals surface area contributed by atoms with Crippen LogP contribution in [0.3, 0.4) is 0 Å². The molecule has 0 bridgehead atoms. The molecule has 0 amide bonds. The van der Waals surface area contributed by atoms with E-state index in [1.165, 1.54) is 44.2 Å². The van der Waals surface area contributed by atoms with Crippen LogP contribution < -0.4 is 10.2 Å². The topological polar surface area (TPSA) is 15.3 Å². The maximum absolute atomic E-state index is 3.73. The summed E-state index contributed by atoms with van der Waals surface area (Å²) in [5.74, 6) is 0. The highest BCUT2D eigenvalue weighted by Crippen LogP contribution is 2.17. The number of nitrogens with one attached hydrogen (secondary N) is 1. The van der Waals surface area contributed by atoms with Crippen LogP contribution in [-0.4, -0.2) is 25.7 Å². The zero-order chi connectivity index (χ0) is 13.3. The maximum Gasteiger partial charge on any atom is 0.0366 e. The van der Waals surface area contributed by atoms with Gasteiger partial charge in [-0.05, 0) is 44.9 Å². The quantitative estimate of drug-likeness (QED) is 0.750. The molecule has 0 spiro atoms. The zero-order valence-corrected chi connectivity index (χ0v) is 12.3. The summed E-state index contributed by atoms with van der Waals surface area (Å²) in [7, 11) is 0. The van der Waals surface area contributed by atoms with Crippen molar-refractivity contribution in [2.45, 2.75) is 51.5 Å². The molecule has 2 heteroatoms. The van der Waals surface area contributed by atoms with Crippen molar-refractivity contribution in [1.82, 2.24) is 5.32 Å². The molecular formula is C17H28N2. The van der Waals surface area contributed by atoms with Crippen molar-refractivity contribution in [3.05, 3.63) is 30.3 Å². The van der Waals surface area contributed by atoms with Crippen LogP contribution in [0.5, 0.6) is 0 Å². The molecule has 19 heavy (non-hydrogen) atoms. The predicted molar refractivity (Wildman–Crippen MR) is 83.8 cm³/mol. The molecule has 1 saturated carbocycles. The maximum atomic E-state index is 3.73. The van der Waals surface area contributed by atoms with E-state index in [-0.39, 0.29) is 0 Å². The van der Waals surface area contributed by atoms with Gasteiger partial charge in [0.15, 0.2) is 0 Å². The Hall–Kier alpha value is -1.02. The van der Waals surface area contributed by atoms with Gasteiger partial charge in [0.1, 0.15) is 0 Å². The summed E-state index contributed by atoms with van der Waals surface area (Å²) in [5.41, 5.74) is 1.35. The Morgan fingerprint density at radius 1 is 1.11 bits per heavy atom. The summed E-state index contributed by atoms with van der Waals surface area (Å²) in [6.07, 6.45) is 8.28. The van der Waals surface area contributed by atoms with Gasteiger partial charge in [-0.15, -0.1) is 0 Å². The lowest BCUT2D eigenvalue weighted by molar-refractivity contribution is 0.372. The van der Waals surface area contributed by atoms with Crippen molar-refractivity contribution in [3.8, 4) is 0 Å². The first kappa shape index (κ1) is 14.4. The number of hydrogen-bond acceptors (Lipinski definition) is 2. The normalized spacial score (nSPS) is 16.5. The van der Waals surface area contributed by atoms with E-state index in [1.807, 2.05) is 0 Å². The molecule has 0 unspecified atom stereocenters. The molecule has 0 radical (unpaired) electrons. The number of nitrogens with zero attached hydrogens (tertiary/aromatic N) is 1. The Labute approximate surface area is 118 Å². The first-order chi connectivity index (χ1) is 9.40. The van der Waals surface area contributed by atoms with Crippen LogP contribution in [0.2, 0.25) is 0 Å². The minimum atomic E-state index is 0.792. The molecular weight excluding hydrogens is 232 g/mol. The summed E-state index contributed by atoms with van der Waals surface area (Å²) in [4.78, 5) is 2.46. The molecule has 1 aliphatic carbocycles.